The molecule has 1 aliphatic carbocycles. The highest BCUT2D eigenvalue weighted by molar-refractivity contribution is 7.15. The van der Waals surface area contributed by atoms with Crippen molar-refractivity contribution in [3.8, 4) is 16.2 Å². The Kier molecular flexibility index (Phi) is 7.87. The van der Waals surface area contributed by atoms with Gasteiger partial charge >= 0.3 is 0 Å². The maximum atomic E-state index is 13.4. The highest BCUT2D eigenvalue weighted by Gasteiger charge is 2.47. The lowest BCUT2D eigenvalue weighted by atomic mass is 9.95. The Morgan fingerprint density at radius 2 is 1.85 bits per heavy atom. The summed E-state index contributed by atoms with van der Waals surface area (Å²) in [5.74, 6) is 0.630. The highest BCUT2D eigenvalue weighted by Crippen LogP contribution is 2.49. The maximum Gasteiger partial charge on any atom is 0.252 e. The first-order chi connectivity index (χ1) is 19.5. The van der Waals surface area contributed by atoms with Crippen LogP contribution in [0, 0.1) is 6.92 Å². The van der Waals surface area contributed by atoms with E-state index in [9.17, 15) is 4.79 Å². The number of amides is 1. The van der Waals surface area contributed by atoms with E-state index >= 15 is 0 Å². The molecular weight excluding hydrogens is 516 g/mol. The normalized spacial score (nSPS) is 17.6. The molecule has 4 aromatic rings. The summed E-state index contributed by atoms with van der Waals surface area (Å²) in [7, 11) is 1.63. The monoisotopic (exact) mass is 554 g/mol. The van der Waals surface area contributed by atoms with Gasteiger partial charge in [0.15, 0.2) is 0 Å². The van der Waals surface area contributed by atoms with Crippen LogP contribution in [0.2, 0.25) is 0 Å². The van der Waals surface area contributed by atoms with Crippen molar-refractivity contribution in [2.75, 3.05) is 33.3 Å². The van der Waals surface area contributed by atoms with Crippen LogP contribution in [-0.2, 0) is 12.1 Å². The van der Waals surface area contributed by atoms with Gasteiger partial charge in [0.05, 0.1) is 18.2 Å². The van der Waals surface area contributed by atoms with Gasteiger partial charge < -0.3 is 15.4 Å². The molecule has 4 heterocycles. The molecule has 40 heavy (non-hydrogen) atoms. The van der Waals surface area contributed by atoms with E-state index in [1.807, 2.05) is 48.7 Å². The zero-order chi connectivity index (χ0) is 27.5. The average Bonchev–Trinajstić information content (AvgIpc) is 3.29. The summed E-state index contributed by atoms with van der Waals surface area (Å²) in [5.41, 5.74) is 4.52. The summed E-state index contributed by atoms with van der Waals surface area (Å²) >= 11 is 1.87. The van der Waals surface area contributed by atoms with Crippen LogP contribution in [0.1, 0.15) is 58.5 Å². The van der Waals surface area contributed by atoms with Gasteiger partial charge in [-0.3, -0.25) is 14.7 Å². The molecule has 0 spiro atoms. The quantitative estimate of drug-likeness (QED) is 0.282. The Balaban J connectivity index is 0.000000666. The van der Waals surface area contributed by atoms with Crippen molar-refractivity contribution >= 4 is 28.1 Å². The van der Waals surface area contributed by atoms with Crippen molar-refractivity contribution in [2.45, 2.75) is 51.1 Å². The highest BCUT2D eigenvalue weighted by atomic mass is 32.1. The molecule has 1 saturated carbocycles. The van der Waals surface area contributed by atoms with E-state index in [2.05, 4.69) is 45.9 Å². The van der Waals surface area contributed by atoms with Crippen LogP contribution in [0.25, 0.3) is 21.3 Å². The molecular formula is C33H38N4O2S. The minimum Gasteiger partial charge on any atom is -0.497 e. The zero-order valence-corrected chi connectivity index (χ0v) is 24.3. The summed E-state index contributed by atoms with van der Waals surface area (Å²) in [4.78, 5) is 23.3. The predicted molar refractivity (Wildman–Crippen MR) is 163 cm³/mol. The molecule has 3 fully saturated rings. The number of carbonyl (C=O) groups excluding carboxylic acids is 1. The van der Waals surface area contributed by atoms with E-state index in [1.54, 1.807) is 7.11 Å². The topological polar surface area (TPSA) is 66.5 Å². The SMILES string of the molecule is C1CNC1.COc1ccc(C)c(C(=O)NC2(c3cc(-c4ccc(CN5CCCC5)s4)cc4ncccc34)CC2)c1. The number of nitrogens with zero attached hydrogens (tertiary/aromatic N) is 2. The number of rotatable bonds is 7. The second kappa shape index (κ2) is 11.7. The Morgan fingerprint density at radius 3 is 2.55 bits per heavy atom. The third-order valence-corrected chi connectivity index (χ3v) is 9.38. The van der Waals surface area contributed by atoms with Crippen LogP contribution in [0.3, 0.4) is 0 Å². The Morgan fingerprint density at radius 1 is 1.07 bits per heavy atom. The first kappa shape index (κ1) is 26.9. The molecule has 2 aromatic heterocycles. The fourth-order valence-corrected chi connectivity index (χ4v) is 6.56. The molecule has 0 bridgehead atoms. The first-order valence-electron chi connectivity index (χ1n) is 14.4. The van der Waals surface area contributed by atoms with Crippen LogP contribution in [0.4, 0.5) is 0 Å². The van der Waals surface area contributed by atoms with E-state index in [-0.39, 0.29) is 11.4 Å². The van der Waals surface area contributed by atoms with E-state index in [4.69, 9.17) is 9.72 Å². The molecule has 2 aromatic carbocycles. The standard InChI is InChI=1S/C30H31N3O2S.C3H7N/c1-20-7-8-22(35-2)18-25(20)29(34)32-30(11-12-30)26-16-21(17-27-24(26)6-5-13-31-27)28-10-9-23(36-28)19-33-14-3-4-15-33;1-2-4-3-1/h5-10,13,16-18H,3-4,11-12,14-15,19H2,1-2H3,(H,32,34);4H,1-3H2. The minimum atomic E-state index is -0.375. The number of thiophene rings is 1. The lowest BCUT2D eigenvalue weighted by molar-refractivity contribution is 0.0930. The van der Waals surface area contributed by atoms with Gasteiger partial charge in [-0.15, -0.1) is 11.3 Å². The number of aryl methyl sites for hydroxylation is 1. The third-order valence-electron chi connectivity index (χ3n) is 8.26. The van der Waals surface area contributed by atoms with Crippen molar-refractivity contribution in [2.24, 2.45) is 0 Å². The van der Waals surface area contributed by atoms with Crippen LogP contribution in [0.5, 0.6) is 5.75 Å². The fraction of sp³-hybridized carbons (Fsp3) is 0.394. The maximum absolute atomic E-state index is 13.4. The summed E-state index contributed by atoms with van der Waals surface area (Å²) in [6.07, 6.45) is 7.68. The van der Waals surface area contributed by atoms with Gasteiger partial charge in [0.25, 0.3) is 5.91 Å². The van der Waals surface area contributed by atoms with Crippen LogP contribution in [-0.4, -0.2) is 49.1 Å². The number of carbonyl (C=O) groups is 1. The number of nitrogens with one attached hydrogen (secondary N) is 2. The number of ether oxygens (including phenoxy) is 1. The van der Waals surface area contributed by atoms with E-state index in [0.29, 0.717) is 11.3 Å². The molecule has 0 unspecified atom stereocenters. The summed E-state index contributed by atoms with van der Waals surface area (Å²) in [6, 6.07) is 18.7. The number of pyridine rings is 1. The number of methoxy groups -OCH3 is 1. The number of benzene rings is 2. The molecule has 208 valence electrons. The van der Waals surface area contributed by atoms with E-state index in [1.165, 1.54) is 60.8 Å². The van der Waals surface area contributed by atoms with Crippen molar-refractivity contribution < 1.29 is 9.53 Å². The Bertz CT molecular complexity index is 1500. The molecule has 7 rings (SSSR count). The zero-order valence-electron chi connectivity index (χ0n) is 23.5. The largest absolute Gasteiger partial charge is 0.497 e. The van der Waals surface area contributed by atoms with Crippen LogP contribution >= 0.6 is 11.3 Å². The van der Waals surface area contributed by atoms with E-state index in [0.717, 1.165) is 41.4 Å². The first-order valence-corrected chi connectivity index (χ1v) is 15.2. The smallest absolute Gasteiger partial charge is 0.252 e. The number of hydrogen-bond donors (Lipinski definition) is 2. The Labute approximate surface area is 240 Å². The lowest BCUT2D eigenvalue weighted by Crippen LogP contribution is -2.35. The molecule has 0 radical (unpaired) electrons. The van der Waals surface area contributed by atoms with Crippen molar-refractivity contribution in [3.63, 3.8) is 0 Å². The molecule has 2 saturated heterocycles. The third kappa shape index (κ3) is 5.78. The van der Waals surface area contributed by atoms with Crippen LogP contribution < -0.4 is 15.4 Å². The van der Waals surface area contributed by atoms with Crippen LogP contribution in [0.15, 0.2) is 60.8 Å². The lowest BCUT2D eigenvalue weighted by Gasteiger charge is -2.22. The van der Waals surface area contributed by atoms with E-state index < -0.39 is 0 Å². The molecule has 2 aliphatic heterocycles. The van der Waals surface area contributed by atoms with Gasteiger partial charge in [0.1, 0.15) is 5.75 Å². The average molecular weight is 555 g/mol. The predicted octanol–water partition coefficient (Wildman–Crippen LogP) is 6.27. The second-order valence-electron chi connectivity index (χ2n) is 11.2. The molecule has 6 nitrogen and oxygen atoms in total. The van der Waals surface area contributed by atoms with Gasteiger partial charge in [-0.25, -0.2) is 0 Å². The number of aromatic nitrogens is 1. The molecule has 7 heteroatoms. The van der Waals surface area contributed by atoms with Crippen molar-refractivity contribution in [1.29, 1.82) is 0 Å². The molecule has 1 amide bonds. The summed E-state index contributed by atoms with van der Waals surface area (Å²) < 4.78 is 5.37. The van der Waals surface area contributed by atoms with Gasteiger partial charge in [-0.2, -0.15) is 0 Å². The molecule has 3 aliphatic rings. The van der Waals surface area contributed by atoms with Gasteiger partial charge in [-0.1, -0.05) is 12.1 Å². The summed E-state index contributed by atoms with van der Waals surface area (Å²) in [6.45, 7) is 7.89. The number of hydrogen-bond acceptors (Lipinski definition) is 6. The Hall–Kier alpha value is -3.26. The molecule has 2 N–H and O–H groups in total. The molecule has 0 atom stereocenters. The minimum absolute atomic E-state index is 0.0598. The fourth-order valence-electron chi connectivity index (χ4n) is 5.52. The van der Waals surface area contributed by atoms with Gasteiger partial charge in [0.2, 0.25) is 0 Å². The van der Waals surface area contributed by atoms with Crippen molar-refractivity contribution in [3.05, 3.63) is 82.4 Å². The second-order valence-corrected chi connectivity index (χ2v) is 12.3. The van der Waals surface area contributed by atoms with Gasteiger partial charge in [-0.05, 0) is 124 Å². The number of fused-ring (bicyclic) bond motifs is 1. The van der Waals surface area contributed by atoms with Gasteiger partial charge in [0, 0.05) is 33.4 Å². The van der Waals surface area contributed by atoms with Crippen molar-refractivity contribution in [1.82, 2.24) is 20.5 Å². The summed E-state index contributed by atoms with van der Waals surface area (Å²) in [5, 5.41) is 7.61. The number of likely N-dealkylation sites (tertiary alicyclic amines) is 1.